The molecule has 7 heteroatoms. The summed E-state index contributed by atoms with van der Waals surface area (Å²) in [6, 6.07) is 11.1. The largest absolute Gasteiger partial charge is 0.481 e. The smallest absolute Gasteiger partial charge is 0.259 e. The predicted molar refractivity (Wildman–Crippen MR) is 94.7 cm³/mol. The van der Waals surface area contributed by atoms with Gasteiger partial charge in [0.05, 0.1) is 42.1 Å². The topological polar surface area (TPSA) is 69.0 Å². The van der Waals surface area contributed by atoms with Crippen molar-refractivity contribution in [2.75, 3.05) is 12.4 Å². The average molecular weight is 387 g/mol. The van der Waals surface area contributed by atoms with Gasteiger partial charge in [-0.1, -0.05) is 22.0 Å². The van der Waals surface area contributed by atoms with Gasteiger partial charge in [0.15, 0.2) is 0 Å². The highest BCUT2D eigenvalue weighted by molar-refractivity contribution is 9.10. The van der Waals surface area contributed by atoms with Gasteiger partial charge in [-0.2, -0.15) is 5.10 Å². The molecule has 24 heavy (non-hydrogen) atoms. The number of nitrogens with zero attached hydrogens (tertiary/aromatic N) is 3. The Balaban J connectivity index is 1.83. The Morgan fingerprint density at radius 2 is 2.08 bits per heavy atom. The van der Waals surface area contributed by atoms with E-state index in [0.29, 0.717) is 17.1 Å². The van der Waals surface area contributed by atoms with E-state index in [1.54, 1.807) is 36.3 Å². The minimum Gasteiger partial charge on any atom is -0.481 e. The monoisotopic (exact) mass is 386 g/mol. The maximum atomic E-state index is 12.5. The van der Waals surface area contributed by atoms with Gasteiger partial charge in [0.1, 0.15) is 0 Å². The molecule has 0 atom stereocenters. The second-order valence-corrected chi connectivity index (χ2v) is 5.99. The lowest BCUT2D eigenvalue weighted by Gasteiger charge is -2.07. The van der Waals surface area contributed by atoms with Gasteiger partial charge < -0.3 is 10.1 Å². The molecule has 0 aliphatic rings. The van der Waals surface area contributed by atoms with E-state index >= 15 is 0 Å². The Bertz CT molecular complexity index is 875. The number of anilines is 1. The molecule has 0 aliphatic carbocycles. The van der Waals surface area contributed by atoms with Gasteiger partial charge in [-0.15, -0.1) is 0 Å². The molecule has 0 fully saturated rings. The molecule has 6 nitrogen and oxygen atoms in total. The van der Waals surface area contributed by atoms with Gasteiger partial charge in [-0.05, 0) is 31.2 Å². The number of hydrogen-bond donors (Lipinski definition) is 1. The summed E-state index contributed by atoms with van der Waals surface area (Å²) in [7, 11) is 1.54. The number of carbonyl (C=O) groups is 1. The number of ether oxygens (including phenoxy) is 1. The fourth-order valence-electron chi connectivity index (χ4n) is 2.27. The molecule has 0 radical (unpaired) electrons. The maximum Gasteiger partial charge on any atom is 0.259 e. The Kier molecular flexibility index (Phi) is 4.61. The van der Waals surface area contributed by atoms with E-state index in [2.05, 4.69) is 31.3 Å². The van der Waals surface area contributed by atoms with E-state index in [-0.39, 0.29) is 5.91 Å². The molecule has 0 bridgehead atoms. The number of carbonyl (C=O) groups excluding carboxylic acids is 1. The highest BCUT2D eigenvalue weighted by Crippen LogP contribution is 2.19. The standard InChI is InChI=1S/C17H15BrN4O2/c1-11-15(10-20-22(11)14-5-3-4-12(18)8-14)17(23)21-13-6-7-16(24-2)19-9-13/h3-10H,1-2H3,(H,21,23). The van der Waals surface area contributed by atoms with E-state index in [1.807, 2.05) is 31.2 Å². The van der Waals surface area contributed by atoms with Gasteiger partial charge in [0.25, 0.3) is 5.91 Å². The Morgan fingerprint density at radius 3 is 2.75 bits per heavy atom. The number of amides is 1. The number of halogens is 1. The molecular formula is C17H15BrN4O2. The normalized spacial score (nSPS) is 10.5. The van der Waals surface area contributed by atoms with E-state index in [4.69, 9.17) is 4.74 Å². The van der Waals surface area contributed by atoms with Crippen LogP contribution in [0.25, 0.3) is 5.69 Å². The molecule has 0 saturated carbocycles. The molecule has 122 valence electrons. The summed E-state index contributed by atoms with van der Waals surface area (Å²) in [6.45, 7) is 1.86. The van der Waals surface area contributed by atoms with Crippen molar-refractivity contribution in [3.63, 3.8) is 0 Å². The van der Waals surface area contributed by atoms with E-state index < -0.39 is 0 Å². The molecule has 2 heterocycles. The third-order valence-corrected chi connectivity index (χ3v) is 4.00. The van der Waals surface area contributed by atoms with Gasteiger partial charge in [-0.3, -0.25) is 4.79 Å². The SMILES string of the molecule is COc1ccc(NC(=O)c2cnn(-c3cccc(Br)c3)c2C)cn1. The molecule has 1 N–H and O–H groups in total. The van der Waals surface area contributed by atoms with Crippen molar-refractivity contribution in [1.29, 1.82) is 0 Å². The first-order valence-corrected chi connectivity index (χ1v) is 8.00. The van der Waals surface area contributed by atoms with Crippen molar-refractivity contribution in [3.8, 4) is 11.6 Å². The lowest BCUT2D eigenvalue weighted by atomic mass is 10.2. The van der Waals surface area contributed by atoms with Crippen molar-refractivity contribution in [2.45, 2.75) is 6.92 Å². The summed E-state index contributed by atoms with van der Waals surface area (Å²) >= 11 is 3.44. The highest BCUT2D eigenvalue weighted by atomic mass is 79.9. The minimum absolute atomic E-state index is 0.235. The molecule has 1 aromatic carbocycles. The lowest BCUT2D eigenvalue weighted by Crippen LogP contribution is -2.13. The minimum atomic E-state index is -0.235. The first-order chi connectivity index (χ1) is 11.6. The Hall–Kier alpha value is -2.67. The summed E-state index contributed by atoms with van der Waals surface area (Å²) in [4.78, 5) is 16.5. The molecule has 0 aliphatic heterocycles. The van der Waals surface area contributed by atoms with E-state index in [0.717, 1.165) is 15.9 Å². The summed E-state index contributed by atoms with van der Waals surface area (Å²) in [5.74, 6) is 0.257. The first kappa shape index (κ1) is 16.2. The molecule has 0 saturated heterocycles. The molecular weight excluding hydrogens is 372 g/mol. The van der Waals surface area contributed by atoms with Crippen LogP contribution in [-0.4, -0.2) is 27.8 Å². The number of benzene rings is 1. The van der Waals surface area contributed by atoms with Gasteiger partial charge >= 0.3 is 0 Å². The third-order valence-electron chi connectivity index (χ3n) is 3.51. The molecule has 0 unspecified atom stereocenters. The summed E-state index contributed by atoms with van der Waals surface area (Å²) in [5, 5.41) is 7.12. The highest BCUT2D eigenvalue weighted by Gasteiger charge is 2.15. The summed E-state index contributed by atoms with van der Waals surface area (Å²) in [6.07, 6.45) is 3.10. The predicted octanol–water partition coefficient (Wildman–Crippen LogP) is 3.60. The number of aromatic nitrogens is 3. The van der Waals surface area contributed by atoms with Gasteiger partial charge in [0.2, 0.25) is 5.88 Å². The van der Waals surface area contributed by atoms with E-state index in [9.17, 15) is 4.79 Å². The van der Waals surface area contributed by atoms with Gasteiger partial charge in [-0.25, -0.2) is 9.67 Å². The number of pyridine rings is 1. The fourth-order valence-corrected chi connectivity index (χ4v) is 2.66. The van der Waals surface area contributed by atoms with Crippen LogP contribution < -0.4 is 10.1 Å². The van der Waals surface area contributed by atoms with Crippen LogP contribution in [-0.2, 0) is 0 Å². The third kappa shape index (κ3) is 3.30. The zero-order valence-electron chi connectivity index (χ0n) is 13.2. The second kappa shape index (κ2) is 6.84. The van der Waals surface area contributed by atoms with Crippen LogP contribution in [0.4, 0.5) is 5.69 Å². The zero-order valence-corrected chi connectivity index (χ0v) is 14.7. The summed E-state index contributed by atoms with van der Waals surface area (Å²) in [5.41, 5.74) is 2.74. The maximum absolute atomic E-state index is 12.5. The van der Waals surface area contributed by atoms with Crippen LogP contribution in [0.2, 0.25) is 0 Å². The van der Waals surface area contributed by atoms with Crippen molar-refractivity contribution in [3.05, 3.63) is 64.5 Å². The number of rotatable bonds is 4. The van der Waals surface area contributed by atoms with Crippen LogP contribution in [0.15, 0.2) is 53.3 Å². The molecule has 0 spiro atoms. The first-order valence-electron chi connectivity index (χ1n) is 7.20. The number of nitrogens with one attached hydrogen (secondary N) is 1. The van der Waals surface area contributed by atoms with Crippen LogP contribution in [0.5, 0.6) is 5.88 Å². The summed E-state index contributed by atoms with van der Waals surface area (Å²) < 4.78 is 7.68. The fraction of sp³-hybridized carbons (Fsp3) is 0.118. The molecule has 1 amide bonds. The van der Waals surface area contributed by atoms with Crippen molar-refractivity contribution < 1.29 is 9.53 Å². The number of methoxy groups -OCH3 is 1. The van der Waals surface area contributed by atoms with Crippen LogP contribution in [0.1, 0.15) is 16.1 Å². The van der Waals surface area contributed by atoms with Gasteiger partial charge in [0, 0.05) is 10.5 Å². The van der Waals surface area contributed by atoms with Crippen LogP contribution in [0, 0.1) is 6.92 Å². The van der Waals surface area contributed by atoms with Crippen molar-refractivity contribution >= 4 is 27.5 Å². The molecule has 3 rings (SSSR count). The van der Waals surface area contributed by atoms with Crippen LogP contribution >= 0.6 is 15.9 Å². The molecule has 2 aromatic heterocycles. The van der Waals surface area contributed by atoms with E-state index in [1.165, 1.54) is 0 Å². The quantitative estimate of drug-likeness (QED) is 0.743. The molecule has 3 aromatic rings. The van der Waals surface area contributed by atoms with Crippen molar-refractivity contribution in [1.82, 2.24) is 14.8 Å². The Labute approximate surface area is 147 Å². The van der Waals surface area contributed by atoms with Crippen LogP contribution in [0.3, 0.4) is 0 Å². The average Bonchev–Trinajstić information content (AvgIpc) is 2.97. The zero-order chi connectivity index (χ0) is 17.1. The second-order valence-electron chi connectivity index (χ2n) is 5.08. The lowest BCUT2D eigenvalue weighted by molar-refractivity contribution is 0.102. The Morgan fingerprint density at radius 1 is 1.25 bits per heavy atom. The number of hydrogen-bond acceptors (Lipinski definition) is 4. The van der Waals surface area contributed by atoms with Crippen molar-refractivity contribution in [2.24, 2.45) is 0 Å².